The van der Waals surface area contributed by atoms with Crippen LogP contribution in [0.5, 0.6) is 0 Å². The number of hydrogen-bond acceptors (Lipinski definition) is 5. The maximum Gasteiger partial charge on any atom is 0.164 e. The number of fused-ring (bicyclic) bond motifs is 9. The van der Waals surface area contributed by atoms with Gasteiger partial charge in [0.2, 0.25) is 0 Å². The van der Waals surface area contributed by atoms with Crippen molar-refractivity contribution in [1.29, 1.82) is 0 Å². The van der Waals surface area contributed by atoms with Crippen LogP contribution in [0.1, 0.15) is 0 Å². The van der Waals surface area contributed by atoms with Crippen LogP contribution in [0.25, 0.3) is 189 Å². The molecule has 0 bridgehead atoms. The van der Waals surface area contributed by atoms with E-state index in [4.69, 9.17) is 24.9 Å². The third kappa shape index (κ3) is 10.8. The summed E-state index contributed by atoms with van der Waals surface area (Å²) in [6.45, 7) is 0. The molecule has 18 aromatic rings. The Morgan fingerprint density at radius 3 is 0.827 bits per heavy atom. The minimum atomic E-state index is 0.626. The monoisotopic (exact) mass is 1250 g/mol. The highest BCUT2D eigenvalue weighted by atomic mass is 15.0. The molecule has 98 heavy (non-hydrogen) atoms. The first-order valence-electron chi connectivity index (χ1n) is 33.3. The van der Waals surface area contributed by atoms with Gasteiger partial charge < -0.3 is 0 Å². The fourth-order valence-electron chi connectivity index (χ4n) is 14.1. The van der Waals surface area contributed by atoms with E-state index in [1.165, 1.54) is 43.4 Å². The van der Waals surface area contributed by atoms with Gasteiger partial charge in [-0.25, -0.2) is 24.9 Å². The molecule has 18 rings (SSSR count). The smallest absolute Gasteiger partial charge is 0.164 e. The molecular weight excluding hydrogens is 1190 g/mol. The van der Waals surface area contributed by atoms with Crippen molar-refractivity contribution in [2.24, 2.45) is 0 Å². The first-order chi connectivity index (χ1) is 48.5. The Hall–Kier alpha value is -13.1. The van der Waals surface area contributed by atoms with E-state index >= 15 is 0 Å². The van der Waals surface area contributed by atoms with E-state index in [2.05, 4.69) is 297 Å². The van der Waals surface area contributed by atoms with Crippen molar-refractivity contribution in [2.75, 3.05) is 0 Å². The van der Waals surface area contributed by atoms with E-state index in [1.54, 1.807) is 0 Å². The summed E-state index contributed by atoms with van der Waals surface area (Å²) in [6.07, 6.45) is 0. The summed E-state index contributed by atoms with van der Waals surface area (Å²) in [5.74, 6) is 1.90. The van der Waals surface area contributed by atoms with Gasteiger partial charge in [0, 0.05) is 38.6 Å². The maximum atomic E-state index is 5.66. The second-order valence-electron chi connectivity index (χ2n) is 25.1. The number of hydrogen-bond donors (Lipinski definition) is 0. The van der Waals surface area contributed by atoms with Crippen LogP contribution in [0.15, 0.2) is 358 Å². The SMILES string of the molecule is c1ccc(-c2ccc(-c3cc(-c4ccccc4)c4ccc5c(-c6cccc(-c7ccc8c9ccc(-c%10cccc(-c%11cccc(-c%12nc(-c%13ccccc%13)nc(-c%13ccccc%13)n%12)c%11)c%10)cc9c9ccccc9c8c7)c6)cc(-c6ccc(-c7ccccc7)cc6)nc5c4n3)cc2)cc1. The van der Waals surface area contributed by atoms with Crippen LogP contribution < -0.4 is 0 Å². The fraction of sp³-hybridized carbons (Fsp3) is 0. The molecule has 3 heterocycles. The number of pyridine rings is 2. The maximum absolute atomic E-state index is 5.66. The molecule has 0 aliphatic carbocycles. The Balaban J connectivity index is 0.726. The van der Waals surface area contributed by atoms with Crippen molar-refractivity contribution in [2.45, 2.75) is 0 Å². The summed E-state index contributed by atoms with van der Waals surface area (Å²) < 4.78 is 0. The molecule has 0 aliphatic heterocycles. The lowest BCUT2D eigenvalue weighted by molar-refractivity contribution is 1.07. The molecule has 3 aromatic heterocycles. The molecule has 0 amide bonds. The molecule has 0 atom stereocenters. The summed E-state index contributed by atoms with van der Waals surface area (Å²) in [5, 5.41) is 9.36. The van der Waals surface area contributed by atoms with E-state index in [-0.39, 0.29) is 0 Å². The lowest BCUT2D eigenvalue weighted by atomic mass is 9.89. The van der Waals surface area contributed by atoms with Gasteiger partial charge >= 0.3 is 0 Å². The fourth-order valence-corrected chi connectivity index (χ4v) is 14.1. The highest BCUT2D eigenvalue weighted by Crippen LogP contribution is 2.44. The van der Waals surface area contributed by atoms with E-state index in [0.717, 1.165) is 128 Å². The normalized spacial score (nSPS) is 11.5. The zero-order chi connectivity index (χ0) is 64.9. The highest BCUT2D eigenvalue weighted by molar-refractivity contribution is 6.26. The van der Waals surface area contributed by atoms with Gasteiger partial charge in [0.05, 0.1) is 22.4 Å². The van der Waals surface area contributed by atoms with E-state index in [9.17, 15) is 0 Å². The van der Waals surface area contributed by atoms with Gasteiger partial charge in [0.25, 0.3) is 0 Å². The minimum Gasteiger partial charge on any atom is -0.245 e. The number of aromatic nitrogens is 5. The molecule has 0 N–H and O–H groups in total. The largest absolute Gasteiger partial charge is 0.245 e. The third-order valence-electron chi connectivity index (χ3n) is 19.1. The van der Waals surface area contributed by atoms with Crippen molar-refractivity contribution in [3.05, 3.63) is 358 Å². The van der Waals surface area contributed by atoms with E-state index in [0.29, 0.717) is 17.5 Å². The third-order valence-corrected chi connectivity index (χ3v) is 19.1. The van der Waals surface area contributed by atoms with Crippen LogP contribution in [0.3, 0.4) is 0 Å². The Morgan fingerprint density at radius 1 is 0.133 bits per heavy atom. The summed E-state index contributed by atoms with van der Waals surface area (Å²) in [6, 6.07) is 128. The van der Waals surface area contributed by atoms with Gasteiger partial charge in [-0.15, -0.1) is 0 Å². The van der Waals surface area contributed by atoms with Gasteiger partial charge in [-0.2, -0.15) is 0 Å². The average molecular weight is 1250 g/mol. The van der Waals surface area contributed by atoms with Crippen molar-refractivity contribution < 1.29 is 0 Å². The van der Waals surface area contributed by atoms with E-state index < -0.39 is 0 Å². The Labute approximate surface area is 568 Å². The van der Waals surface area contributed by atoms with Gasteiger partial charge in [-0.3, -0.25) is 0 Å². The van der Waals surface area contributed by atoms with Crippen LogP contribution in [0.4, 0.5) is 0 Å². The van der Waals surface area contributed by atoms with Crippen molar-refractivity contribution >= 4 is 54.1 Å². The molecule has 0 saturated carbocycles. The van der Waals surface area contributed by atoms with Crippen LogP contribution in [0.2, 0.25) is 0 Å². The van der Waals surface area contributed by atoms with Crippen molar-refractivity contribution in [3.63, 3.8) is 0 Å². The number of nitrogens with zero attached hydrogens (tertiary/aromatic N) is 5. The zero-order valence-electron chi connectivity index (χ0n) is 53.3. The molecule has 0 fully saturated rings. The van der Waals surface area contributed by atoms with Gasteiger partial charge in [-0.05, 0) is 153 Å². The molecule has 5 nitrogen and oxygen atoms in total. The van der Waals surface area contributed by atoms with Crippen LogP contribution in [-0.2, 0) is 0 Å². The average Bonchev–Trinajstić information content (AvgIpc) is 0.747. The van der Waals surface area contributed by atoms with Gasteiger partial charge in [0.1, 0.15) is 0 Å². The van der Waals surface area contributed by atoms with Crippen molar-refractivity contribution in [3.8, 4) is 135 Å². The Kier molecular flexibility index (Phi) is 14.5. The number of rotatable bonds is 12. The zero-order valence-corrected chi connectivity index (χ0v) is 53.3. The Morgan fingerprint density at radius 2 is 0.398 bits per heavy atom. The first-order valence-corrected chi connectivity index (χ1v) is 33.3. The Bertz CT molecular complexity index is 5980. The first kappa shape index (κ1) is 57.6. The molecule has 456 valence electrons. The molecule has 0 radical (unpaired) electrons. The molecular formula is C93H59N5. The van der Waals surface area contributed by atoms with Crippen LogP contribution in [0, 0.1) is 0 Å². The van der Waals surface area contributed by atoms with Gasteiger partial charge in [0.15, 0.2) is 17.5 Å². The quantitative estimate of drug-likeness (QED) is 0.114. The van der Waals surface area contributed by atoms with E-state index in [1.807, 2.05) is 60.7 Å². The standard InChI is InChI=1S/C93H59N5/c1-6-21-60(22-7-1)62-39-43-65(44-40-62)87-58-83(64-25-10-3-11-26-64)81-51-52-82-84(59-88(95-90(82)89(81)94-87)66-45-41-63(42-46-66)61-23-8-2-9-24-61)75-35-19-33-71(54-75)74-48-50-80-79-49-47-73(56-85(79)77-37-16-17-38-78(77)86(80)57-74)70-32-18-31-69(53-70)72-34-20-36-76(55-72)93-97-91(67-27-12-4-13-28-67)96-92(98-93)68-29-14-5-15-30-68/h1-59H. The predicted molar refractivity (Wildman–Crippen MR) is 408 cm³/mol. The van der Waals surface area contributed by atoms with Crippen molar-refractivity contribution in [1.82, 2.24) is 24.9 Å². The predicted octanol–water partition coefficient (Wildman–Crippen LogP) is 24.4. The second-order valence-corrected chi connectivity index (χ2v) is 25.1. The summed E-state index contributed by atoms with van der Waals surface area (Å²) in [4.78, 5) is 26.3. The minimum absolute atomic E-state index is 0.626. The topological polar surface area (TPSA) is 64.5 Å². The highest BCUT2D eigenvalue weighted by Gasteiger charge is 2.20. The summed E-state index contributed by atoms with van der Waals surface area (Å²) in [7, 11) is 0. The lowest BCUT2D eigenvalue weighted by Crippen LogP contribution is -2.00. The summed E-state index contributed by atoms with van der Waals surface area (Å²) in [5.41, 5.74) is 24.2. The number of benzene rings is 15. The van der Waals surface area contributed by atoms with Crippen LogP contribution >= 0.6 is 0 Å². The molecule has 15 aromatic carbocycles. The molecule has 0 saturated heterocycles. The lowest BCUT2D eigenvalue weighted by Gasteiger charge is -2.16. The second kappa shape index (κ2) is 24.7. The molecule has 5 heteroatoms. The molecule has 0 aliphatic rings. The van der Waals surface area contributed by atoms with Crippen LogP contribution in [-0.4, -0.2) is 24.9 Å². The molecule has 0 spiro atoms. The summed E-state index contributed by atoms with van der Waals surface area (Å²) >= 11 is 0. The van der Waals surface area contributed by atoms with Gasteiger partial charge in [-0.1, -0.05) is 315 Å². The molecule has 0 unspecified atom stereocenters.